The maximum Gasteiger partial charge on any atom is 0.335 e. The van der Waals surface area contributed by atoms with Gasteiger partial charge in [-0.15, -0.1) is 11.6 Å². The maximum atomic E-state index is 10.9. The third kappa shape index (κ3) is 6.38. The Hall–Kier alpha value is -2.00. The van der Waals surface area contributed by atoms with Gasteiger partial charge < -0.3 is 9.84 Å². The lowest BCUT2D eigenvalue weighted by Gasteiger charge is -2.14. The summed E-state index contributed by atoms with van der Waals surface area (Å²) in [5.74, 6) is 0.565. The molecule has 0 heterocycles. The second kappa shape index (κ2) is 10.2. The number of carboxylic acid groups (broad SMARTS) is 1. The van der Waals surface area contributed by atoms with E-state index in [-0.39, 0.29) is 5.38 Å². The molecule has 3 nitrogen and oxygen atoms in total. The van der Waals surface area contributed by atoms with Gasteiger partial charge in [0.1, 0.15) is 5.75 Å². The van der Waals surface area contributed by atoms with E-state index in [4.69, 9.17) is 21.4 Å². The third-order valence-corrected chi connectivity index (χ3v) is 5.02. The quantitative estimate of drug-likeness (QED) is 0.394. The summed E-state index contributed by atoms with van der Waals surface area (Å²) >= 11 is 6.20. The number of hydrogen-bond acceptors (Lipinski definition) is 2. The van der Waals surface area contributed by atoms with Gasteiger partial charge in [-0.1, -0.05) is 38.1 Å². The number of benzene rings is 2. The summed E-state index contributed by atoms with van der Waals surface area (Å²) in [5, 5.41) is 9.23. The molecule has 1 N–H and O–H groups in total. The Morgan fingerprint density at radius 3 is 2.19 bits per heavy atom. The average molecular weight is 375 g/mol. The van der Waals surface area contributed by atoms with Crippen LogP contribution in [-0.4, -0.2) is 23.1 Å². The molecule has 1 unspecified atom stereocenters. The standard InChI is InChI=1S/C22H27ClO3/c1-3-20(23)15-16(2)5-4-14-26-21-12-10-18(11-13-21)17-6-8-19(9-7-17)22(24)25/h6-13,16,20H,3-5,14-15H2,1-2H3,(H,24,25)/t16?,20-/m1/s1. The number of ether oxygens (including phenoxy) is 1. The molecule has 26 heavy (non-hydrogen) atoms. The molecule has 4 heteroatoms. The summed E-state index contributed by atoms with van der Waals surface area (Å²) in [5.41, 5.74) is 2.32. The lowest BCUT2D eigenvalue weighted by molar-refractivity contribution is 0.0697. The number of aromatic carboxylic acids is 1. The molecular weight excluding hydrogens is 348 g/mol. The first kappa shape index (κ1) is 20.3. The Bertz CT molecular complexity index is 680. The van der Waals surface area contributed by atoms with Crippen molar-refractivity contribution in [3.05, 3.63) is 54.1 Å². The van der Waals surface area contributed by atoms with Crippen LogP contribution in [-0.2, 0) is 0 Å². The molecule has 2 atom stereocenters. The molecule has 0 aliphatic heterocycles. The van der Waals surface area contributed by atoms with Gasteiger partial charge in [0.15, 0.2) is 0 Å². The van der Waals surface area contributed by atoms with Gasteiger partial charge in [0.25, 0.3) is 0 Å². The summed E-state index contributed by atoms with van der Waals surface area (Å²) in [6.07, 6.45) is 4.23. The molecule has 0 aliphatic carbocycles. The van der Waals surface area contributed by atoms with Crippen molar-refractivity contribution in [3.63, 3.8) is 0 Å². The normalized spacial score (nSPS) is 13.2. The molecule has 0 bridgehead atoms. The van der Waals surface area contributed by atoms with Crippen LogP contribution in [0.15, 0.2) is 48.5 Å². The van der Waals surface area contributed by atoms with Gasteiger partial charge in [0.2, 0.25) is 0 Å². The first-order valence-corrected chi connectivity index (χ1v) is 9.64. The second-order valence-corrected chi connectivity index (χ2v) is 7.36. The van der Waals surface area contributed by atoms with Crippen LogP contribution in [0, 0.1) is 5.92 Å². The lowest BCUT2D eigenvalue weighted by Crippen LogP contribution is -2.07. The average Bonchev–Trinajstić information content (AvgIpc) is 2.65. The fraction of sp³-hybridized carbons (Fsp3) is 0.409. The van der Waals surface area contributed by atoms with Crippen molar-refractivity contribution in [2.75, 3.05) is 6.61 Å². The summed E-state index contributed by atoms with van der Waals surface area (Å²) in [6, 6.07) is 14.8. The predicted molar refractivity (Wildman–Crippen MR) is 107 cm³/mol. The molecule has 2 aromatic carbocycles. The Balaban J connectivity index is 1.79. The monoisotopic (exact) mass is 374 g/mol. The van der Waals surface area contributed by atoms with Gasteiger partial charge in [-0.2, -0.15) is 0 Å². The van der Waals surface area contributed by atoms with E-state index in [1.807, 2.05) is 36.4 Å². The van der Waals surface area contributed by atoms with Crippen LogP contribution in [0.4, 0.5) is 0 Å². The molecule has 0 radical (unpaired) electrons. The molecule has 2 aromatic rings. The fourth-order valence-corrected chi connectivity index (χ4v) is 3.20. The van der Waals surface area contributed by atoms with Crippen LogP contribution in [0.25, 0.3) is 11.1 Å². The molecule has 0 aromatic heterocycles. The summed E-state index contributed by atoms with van der Waals surface area (Å²) in [6.45, 7) is 5.07. The molecule has 0 saturated heterocycles. The summed E-state index contributed by atoms with van der Waals surface area (Å²) in [4.78, 5) is 10.9. The third-order valence-electron chi connectivity index (χ3n) is 4.53. The van der Waals surface area contributed by atoms with E-state index in [1.165, 1.54) is 0 Å². The zero-order chi connectivity index (χ0) is 18.9. The molecule has 0 amide bonds. The Morgan fingerprint density at radius 1 is 1.08 bits per heavy atom. The maximum absolute atomic E-state index is 10.9. The molecule has 0 saturated carbocycles. The van der Waals surface area contributed by atoms with E-state index in [9.17, 15) is 4.79 Å². The van der Waals surface area contributed by atoms with Crippen LogP contribution in [0.1, 0.15) is 49.9 Å². The van der Waals surface area contributed by atoms with Crippen LogP contribution in [0.2, 0.25) is 0 Å². The number of carbonyl (C=O) groups is 1. The van der Waals surface area contributed by atoms with Gasteiger partial charge in [0, 0.05) is 5.38 Å². The Kier molecular flexibility index (Phi) is 7.99. The molecule has 140 valence electrons. The summed E-state index contributed by atoms with van der Waals surface area (Å²) in [7, 11) is 0. The first-order chi connectivity index (χ1) is 12.5. The van der Waals surface area contributed by atoms with Gasteiger partial charge in [0.05, 0.1) is 12.2 Å². The highest BCUT2D eigenvalue weighted by Gasteiger charge is 2.09. The van der Waals surface area contributed by atoms with E-state index < -0.39 is 5.97 Å². The SMILES string of the molecule is CC[C@@H](Cl)CC(C)CCCOc1ccc(-c2ccc(C(=O)O)cc2)cc1. The zero-order valence-corrected chi connectivity index (χ0v) is 16.2. The van der Waals surface area contributed by atoms with E-state index in [1.54, 1.807) is 12.1 Å². The van der Waals surface area contributed by atoms with Gasteiger partial charge in [-0.05, 0) is 67.0 Å². The number of halogens is 1. The number of carboxylic acids is 1. The highest BCUT2D eigenvalue weighted by Crippen LogP contribution is 2.23. The smallest absolute Gasteiger partial charge is 0.335 e. The van der Waals surface area contributed by atoms with Crippen LogP contribution >= 0.6 is 11.6 Å². The van der Waals surface area contributed by atoms with Gasteiger partial charge >= 0.3 is 5.97 Å². The first-order valence-electron chi connectivity index (χ1n) is 9.20. The topological polar surface area (TPSA) is 46.5 Å². The highest BCUT2D eigenvalue weighted by molar-refractivity contribution is 6.20. The van der Waals surface area contributed by atoms with Crippen molar-refractivity contribution in [1.29, 1.82) is 0 Å². The number of hydrogen-bond donors (Lipinski definition) is 1. The molecule has 0 aliphatic rings. The Morgan fingerprint density at radius 2 is 1.65 bits per heavy atom. The van der Waals surface area contributed by atoms with E-state index in [0.717, 1.165) is 42.6 Å². The summed E-state index contributed by atoms with van der Waals surface area (Å²) < 4.78 is 5.82. The zero-order valence-electron chi connectivity index (χ0n) is 15.5. The largest absolute Gasteiger partial charge is 0.494 e. The van der Waals surface area contributed by atoms with Crippen molar-refractivity contribution in [3.8, 4) is 16.9 Å². The van der Waals surface area contributed by atoms with Crippen molar-refractivity contribution in [2.24, 2.45) is 5.92 Å². The molecule has 0 fully saturated rings. The fourth-order valence-electron chi connectivity index (χ4n) is 2.89. The Labute approximate surface area is 161 Å². The number of alkyl halides is 1. The molecule has 2 rings (SSSR count). The van der Waals surface area contributed by atoms with Crippen LogP contribution in [0.3, 0.4) is 0 Å². The van der Waals surface area contributed by atoms with Crippen molar-refractivity contribution in [1.82, 2.24) is 0 Å². The van der Waals surface area contributed by atoms with E-state index >= 15 is 0 Å². The number of rotatable bonds is 10. The van der Waals surface area contributed by atoms with Gasteiger partial charge in [-0.25, -0.2) is 4.79 Å². The minimum atomic E-state index is -0.911. The van der Waals surface area contributed by atoms with Crippen molar-refractivity contribution >= 4 is 17.6 Å². The molecular formula is C22H27ClO3. The van der Waals surface area contributed by atoms with E-state index in [0.29, 0.717) is 18.1 Å². The van der Waals surface area contributed by atoms with Crippen molar-refractivity contribution in [2.45, 2.75) is 44.9 Å². The predicted octanol–water partition coefficient (Wildman–Crippen LogP) is 6.25. The lowest BCUT2D eigenvalue weighted by atomic mass is 9.99. The minimum Gasteiger partial charge on any atom is -0.494 e. The highest BCUT2D eigenvalue weighted by atomic mass is 35.5. The second-order valence-electron chi connectivity index (χ2n) is 6.74. The molecule has 0 spiro atoms. The van der Waals surface area contributed by atoms with Crippen LogP contribution in [0.5, 0.6) is 5.75 Å². The van der Waals surface area contributed by atoms with Gasteiger partial charge in [-0.3, -0.25) is 0 Å². The van der Waals surface area contributed by atoms with Crippen molar-refractivity contribution < 1.29 is 14.6 Å². The van der Waals surface area contributed by atoms with Crippen LogP contribution < -0.4 is 4.74 Å². The van der Waals surface area contributed by atoms with E-state index in [2.05, 4.69) is 13.8 Å². The minimum absolute atomic E-state index is 0.281.